The maximum Gasteiger partial charge on any atom is 0.264 e. The zero-order valence-corrected chi connectivity index (χ0v) is 27.5. The van der Waals surface area contributed by atoms with Gasteiger partial charge in [0.25, 0.3) is 10.0 Å². The molecule has 0 radical (unpaired) electrons. The molecular weight excluding hydrogens is 606 g/mol. The van der Waals surface area contributed by atoms with Crippen molar-refractivity contribution in [1.29, 1.82) is 0 Å². The summed E-state index contributed by atoms with van der Waals surface area (Å²) in [4.78, 5) is 29.9. The molecule has 0 aliphatic rings. The van der Waals surface area contributed by atoms with E-state index >= 15 is 0 Å². The van der Waals surface area contributed by atoms with Crippen molar-refractivity contribution in [2.75, 3.05) is 17.4 Å². The summed E-state index contributed by atoms with van der Waals surface area (Å²) in [6.45, 7) is 5.94. The quantitative estimate of drug-likeness (QED) is 0.155. The number of amides is 2. The van der Waals surface area contributed by atoms with Crippen molar-refractivity contribution in [3.8, 4) is 0 Å². The molecule has 9 heteroatoms. The molecule has 0 heterocycles. The van der Waals surface area contributed by atoms with Crippen LogP contribution in [0, 0.1) is 13.8 Å². The van der Waals surface area contributed by atoms with Crippen LogP contribution < -0.4 is 9.62 Å². The molecule has 4 rings (SSSR count). The van der Waals surface area contributed by atoms with Crippen LogP contribution in [-0.4, -0.2) is 44.3 Å². The number of sulfonamides is 1. The Morgan fingerprint density at radius 1 is 0.822 bits per heavy atom. The Balaban J connectivity index is 1.79. The van der Waals surface area contributed by atoms with Gasteiger partial charge in [0, 0.05) is 24.5 Å². The van der Waals surface area contributed by atoms with Crippen molar-refractivity contribution >= 4 is 39.1 Å². The summed E-state index contributed by atoms with van der Waals surface area (Å²) in [5.41, 5.74) is 3.88. The van der Waals surface area contributed by atoms with Gasteiger partial charge in [-0.1, -0.05) is 109 Å². The molecule has 4 aromatic rings. The highest BCUT2D eigenvalue weighted by Crippen LogP contribution is 2.27. The number of aryl methyl sites for hydroxylation is 2. The number of hydrogen-bond donors (Lipinski definition) is 1. The second-order valence-electron chi connectivity index (χ2n) is 11.2. The fourth-order valence-corrected chi connectivity index (χ4v) is 6.66. The van der Waals surface area contributed by atoms with Crippen LogP contribution in [0.2, 0.25) is 5.02 Å². The van der Waals surface area contributed by atoms with Crippen molar-refractivity contribution in [2.24, 2.45) is 0 Å². The van der Waals surface area contributed by atoms with E-state index in [1.807, 2.05) is 75.4 Å². The largest absolute Gasteiger partial charge is 0.354 e. The third-order valence-electron chi connectivity index (χ3n) is 7.52. The van der Waals surface area contributed by atoms with E-state index in [1.54, 1.807) is 30.3 Å². The van der Waals surface area contributed by atoms with Crippen LogP contribution >= 0.6 is 11.6 Å². The van der Waals surface area contributed by atoms with Gasteiger partial charge >= 0.3 is 0 Å². The lowest BCUT2D eigenvalue weighted by Gasteiger charge is -2.34. The van der Waals surface area contributed by atoms with Gasteiger partial charge in [0.15, 0.2) is 0 Å². The number of anilines is 1. The second kappa shape index (κ2) is 15.7. The molecular formula is C36H40ClN3O4S. The average molecular weight is 646 g/mol. The van der Waals surface area contributed by atoms with Crippen molar-refractivity contribution in [3.05, 3.63) is 130 Å². The Morgan fingerprint density at radius 2 is 1.51 bits per heavy atom. The minimum Gasteiger partial charge on any atom is -0.354 e. The molecule has 1 atom stereocenters. The van der Waals surface area contributed by atoms with Gasteiger partial charge < -0.3 is 10.2 Å². The summed E-state index contributed by atoms with van der Waals surface area (Å²) in [6.07, 6.45) is 1.96. The summed E-state index contributed by atoms with van der Waals surface area (Å²) in [5, 5.41) is 3.34. The number of carbonyl (C=O) groups is 2. The Labute approximate surface area is 271 Å². The van der Waals surface area contributed by atoms with Crippen molar-refractivity contribution in [2.45, 2.75) is 57.5 Å². The Morgan fingerprint density at radius 3 is 2.18 bits per heavy atom. The third kappa shape index (κ3) is 9.19. The summed E-state index contributed by atoms with van der Waals surface area (Å²) < 4.78 is 29.3. The summed E-state index contributed by atoms with van der Waals surface area (Å²) in [6, 6.07) is 29.2. The Bertz CT molecular complexity index is 1700. The highest BCUT2D eigenvalue weighted by atomic mass is 35.5. The molecule has 0 bridgehead atoms. The molecule has 1 N–H and O–H groups in total. The summed E-state index contributed by atoms with van der Waals surface area (Å²) >= 11 is 6.30. The summed E-state index contributed by atoms with van der Waals surface area (Å²) in [7, 11) is -4.19. The van der Waals surface area contributed by atoms with Crippen LogP contribution in [0.1, 0.15) is 42.0 Å². The van der Waals surface area contributed by atoms with E-state index in [0.29, 0.717) is 11.6 Å². The van der Waals surface area contributed by atoms with Gasteiger partial charge in [0.1, 0.15) is 12.6 Å². The lowest BCUT2D eigenvalue weighted by atomic mass is 10.0. The van der Waals surface area contributed by atoms with Gasteiger partial charge in [0.2, 0.25) is 11.8 Å². The van der Waals surface area contributed by atoms with Crippen molar-refractivity contribution < 1.29 is 18.0 Å². The van der Waals surface area contributed by atoms with Crippen LogP contribution in [0.25, 0.3) is 0 Å². The molecule has 236 valence electrons. The molecule has 0 spiro atoms. The average Bonchev–Trinajstić information content (AvgIpc) is 3.02. The number of nitrogens with zero attached hydrogens (tertiary/aromatic N) is 2. The maximum absolute atomic E-state index is 14.5. The molecule has 7 nitrogen and oxygen atoms in total. The van der Waals surface area contributed by atoms with Gasteiger partial charge in [-0.25, -0.2) is 8.42 Å². The number of halogens is 1. The van der Waals surface area contributed by atoms with E-state index in [2.05, 4.69) is 5.32 Å². The highest BCUT2D eigenvalue weighted by Gasteiger charge is 2.34. The van der Waals surface area contributed by atoms with Gasteiger partial charge in [-0.05, 0) is 61.7 Å². The van der Waals surface area contributed by atoms with Crippen LogP contribution in [0.3, 0.4) is 0 Å². The van der Waals surface area contributed by atoms with Crippen LogP contribution in [-0.2, 0) is 32.6 Å². The first-order valence-corrected chi connectivity index (χ1v) is 16.9. The van der Waals surface area contributed by atoms with Crippen LogP contribution in [0.4, 0.5) is 5.69 Å². The fraction of sp³-hybridized carbons (Fsp3) is 0.278. The molecule has 0 aliphatic carbocycles. The smallest absolute Gasteiger partial charge is 0.264 e. The Hall–Kier alpha value is -4.14. The predicted molar refractivity (Wildman–Crippen MR) is 181 cm³/mol. The molecule has 0 saturated carbocycles. The zero-order chi connectivity index (χ0) is 32.4. The van der Waals surface area contributed by atoms with Crippen molar-refractivity contribution in [1.82, 2.24) is 10.2 Å². The number of hydrogen-bond acceptors (Lipinski definition) is 4. The first kappa shape index (κ1) is 33.7. The molecule has 2 amide bonds. The minimum absolute atomic E-state index is 0.0456. The van der Waals surface area contributed by atoms with Crippen LogP contribution in [0.5, 0.6) is 0 Å². The van der Waals surface area contributed by atoms with E-state index in [1.165, 1.54) is 23.1 Å². The molecule has 0 saturated heterocycles. The van der Waals surface area contributed by atoms with E-state index in [-0.39, 0.29) is 29.5 Å². The zero-order valence-electron chi connectivity index (χ0n) is 25.9. The second-order valence-corrected chi connectivity index (χ2v) is 13.5. The predicted octanol–water partition coefficient (Wildman–Crippen LogP) is 6.71. The highest BCUT2D eigenvalue weighted by molar-refractivity contribution is 7.92. The molecule has 4 aromatic carbocycles. The molecule has 45 heavy (non-hydrogen) atoms. The number of unbranched alkanes of at least 4 members (excludes halogenated alkanes) is 1. The monoisotopic (exact) mass is 645 g/mol. The standard InChI is InChI=1S/C36H40ClN3O4S/c1-4-5-21-38-36(42)34(23-29-12-7-6-8-13-29)39(25-30-14-9-11-28(3)22-30)35(41)26-40(32-16-10-15-31(37)24-32)45(43,44)33-19-17-27(2)18-20-33/h6-20,22,24,34H,4-5,21,23,25-26H2,1-3H3,(H,38,42)/t34-/m1/s1. The van der Waals surface area contributed by atoms with E-state index in [4.69, 9.17) is 11.6 Å². The SMILES string of the molecule is CCCCNC(=O)[C@@H](Cc1ccccc1)N(Cc1cccc(C)c1)C(=O)CN(c1cccc(Cl)c1)S(=O)(=O)c1ccc(C)cc1. The van der Waals surface area contributed by atoms with Gasteiger partial charge in [0.05, 0.1) is 10.6 Å². The summed E-state index contributed by atoms with van der Waals surface area (Å²) in [5.74, 6) is -0.803. The van der Waals surface area contributed by atoms with Gasteiger partial charge in [-0.2, -0.15) is 0 Å². The first-order valence-electron chi connectivity index (χ1n) is 15.1. The lowest BCUT2D eigenvalue weighted by Crippen LogP contribution is -2.53. The number of rotatable bonds is 14. The molecule has 0 unspecified atom stereocenters. The normalized spacial score (nSPS) is 11.9. The minimum atomic E-state index is -4.19. The number of nitrogens with one attached hydrogen (secondary N) is 1. The third-order valence-corrected chi connectivity index (χ3v) is 9.54. The topological polar surface area (TPSA) is 86.8 Å². The van der Waals surface area contributed by atoms with Crippen molar-refractivity contribution in [3.63, 3.8) is 0 Å². The van der Waals surface area contributed by atoms with E-state index in [0.717, 1.165) is 39.4 Å². The number of benzene rings is 4. The van der Waals surface area contributed by atoms with E-state index in [9.17, 15) is 18.0 Å². The molecule has 0 aliphatic heterocycles. The fourth-order valence-electron chi connectivity index (χ4n) is 5.06. The first-order chi connectivity index (χ1) is 21.6. The number of carbonyl (C=O) groups excluding carboxylic acids is 2. The van der Waals surface area contributed by atoms with E-state index < -0.39 is 28.5 Å². The van der Waals surface area contributed by atoms with Gasteiger partial charge in [-0.15, -0.1) is 0 Å². The molecule has 0 fully saturated rings. The maximum atomic E-state index is 14.5. The lowest BCUT2D eigenvalue weighted by molar-refractivity contribution is -0.140. The van der Waals surface area contributed by atoms with Crippen LogP contribution in [0.15, 0.2) is 108 Å². The Kier molecular flexibility index (Phi) is 11.8. The van der Waals surface area contributed by atoms with Gasteiger partial charge in [-0.3, -0.25) is 13.9 Å². The molecule has 0 aromatic heterocycles.